The first-order chi connectivity index (χ1) is 14.5. The molecule has 0 aliphatic rings. The minimum Gasteiger partial charge on any atom is -0.497 e. The van der Waals surface area contributed by atoms with E-state index < -0.39 is 5.97 Å². The summed E-state index contributed by atoms with van der Waals surface area (Å²) >= 11 is 0. The number of nitrogens with zero attached hydrogens (tertiary/aromatic N) is 1. The van der Waals surface area contributed by atoms with Crippen LogP contribution in [0.3, 0.4) is 0 Å². The van der Waals surface area contributed by atoms with Gasteiger partial charge in [0.05, 0.1) is 26.3 Å². The van der Waals surface area contributed by atoms with Crippen LogP contribution in [0.1, 0.15) is 12.1 Å². The first-order valence-electron chi connectivity index (χ1n) is 9.49. The van der Waals surface area contributed by atoms with Crippen molar-refractivity contribution in [3.05, 3.63) is 66.4 Å². The second kappa shape index (κ2) is 9.65. The van der Waals surface area contributed by atoms with Gasteiger partial charge < -0.3 is 24.5 Å². The van der Waals surface area contributed by atoms with E-state index in [1.54, 1.807) is 25.3 Å². The number of ether oxygens (including phenoxy) is 2. The van der Waals surface area contributed by atoms with Crippen molar-refractivity contribution >= 4 is 17.6 Å². The Hall–Kier alpha value is -3.74. The van der Waals surface area contributed by atoms with Crippen molar-refractivity contribution in [1.29, 1.82) is 0 Å². The molecule has 7 nitrogen and oxygen atoms in total. The lowest BCUT2D eigenvalue weighted by molar-refractivity contribution is -0.137. The Labute approximate surface area is 174 Å². The summed E-state index contributed by atoms with van der Waals surface area (Å²) in [5.41, 5.74) is 3.08. The zero-order valence-electron chi connectivity index (χ0n) is 16.9. The normalized spacial score (nSPS) is 10.5. The highest BCUT2D eigenvalue weighted by atomic mass is 16.5. The number of rotatable bonds is 9. The van der Waals surface area contributed by atoms with Crippen molar-refractivity contribution in [2.24, 2.45) is 0 Å². The molecule has 3 aromatic rings. The molecule has 1 heterocycles. The highest BCUT2D eigenvalue weighted by Gasteiger charge is 2.16. The molecule has 0 aliphatic carbocycles. The van der Waals surface area contributed by atoms with Crippen LogP contribution in [0.15, 0.2) is 60.7 Å². The number of carbonyl (C=O) groups is 2. The first kappa shape index (κ1) is 21.0. The van der Waals surface area contributed by atoms with Crippen LogP contribution in [-0.2, 0) is 22.6 Å². The number of aromatic nitrogens is 1. The standard InChI is InChI=1S/C23H24N2O5/c1-29-18-10-12-21(30-2)19(14-18)24-22(26)15-25-17(9-13-23(27)28)8-11-20(25)16-6-4-3-5-7-16/h3-8,10-12,14H,9,13,15H2,1-2H3,(H,24,26)(H,27,28). The third-order valence-electron chi connectivity index (χ3n) is 4.72. The monoisotopic (exact) mass is 408 g/mol. The summed E-state index contributed by atoms with van der Waals surface area (Å²) < 4.78 is 12.4. The van der Waals surface area contributed by atoms with E-state index in [0.29, 0.717) is 23.6 Å². The smallest absolute Gasteiger partial charge is 0.303 e. The molecule has 0 aliphatic heterocycles. The molecular weight excluding hydrogens is 384 g/mol. The van der Waals surface area contributed by atoms with E-state index in [-0.39, 0.29) is 18.9 Å². The second-order valence-electron chi connectivity index (χ2n) is 6.67. The van der Waals surface area contributed by atoms with E-state index in [1.807, 2.05) is 47.0 Å². The van der Waals surface area contributed by atoms with Crippen molar-refractivity contribution in [2.45, 2.75) is 19.4 Å². The highest BCUT2D eigenvalue weighted by Crippen LogP contribution is 2.29. The predicted octanol–water partition coefficient (Wildman–Crippen LogP) is 3.83. The fourth-order valence-corrected chi connectivity index (χ4v) is 3.26. The van der Waals surface area contributed by atoms with E-state index in [0.717, 1.165) is 17.0 Å². The lowest BCUT2D eigenvalue weighted by atomic mass is 10.1. The van der Waals surface area contributed by atoms with E-state index in [9.17, 15) is 9.59 Å². The fourth-order valence-electron chi connectivity index (χ4n) is 3.26. The van der Waals surface area contributed by atoms with Gasteiger partial charge in [0.2, 0.25) is 5.91 Å². The molecule has 156 valence electrons. The van der Waals surface area contributed by atoms with Gasteiger partial charge in [0.25, 0.3) is 0 Å². The van der Waals surface area contributed by atoms with Crippen molar-refractivity contribution in [1.82, 2.24) is 4.57 Å². The largest absolute Gasteiger partial charge is 0.497 e. The molecule has 0 atom stereocenters. The van der Waals surface area contributed by atoms with Crippen molar-refractivity contribution < 1.29 is 24.2 Å². The maximum atomic E-state index is 12.9. The van der Waals surface area contributed by atoms with Crippen molar-refractivity contribution in [3.63, 3.8) is 0 Å². The second-order valence-corrected chi connectivity index (χ2v) is 6.67. The summed E-state index contributed by atoms with van der Waals surface area (Å²) in [5.74, 6) is -0.0219. The van der Waals surface area contributed by atoms with Gasteiger partial charge in [-0.1, -0.05) is 30.3 Å². The topological polar surface area (TPSA) is 89.8 Å². The minimum atomic E-state index is -0.880. The lowest BCUT2D eigenvalue weighted by Crippen LogP contribution is -2.21. The van der Waals surface area contributed by atoms with Gasteiger partial charge in [0.15, 0.2) is 0 Å². The van der Waals surface area contributed by atoms with Crippen LogP contribution in [0.25, 0.3) is 11.3 Å². The molecule has 1 amide bonds. The van der Waals surface area contributed by atoms with Crippen LogP contribution in [0, 0.1) is 0 Å². The van der Waals surface area contributed by atoms with Crippen LogP contribution >= 0.6 is 0 Å². The molecule has 0 saturated heterocycles. The number of amides is 1. The third-order valence-corrected chi connectivity index (χ3v) is 4.72. The maximum Gasteiger partial charge on any atom is 0.303 e. The average molecular weight is 408 g/mol. The van der Waals surface area contributed by atoms with Gasteiger partial charge in [-0.05, 0) is 36.2 Å². The van der Waals surface area contributed by atoms with Gasteiger partial charge >= 0.3 is 5.97 Å². The molecule has 2 aromatic carbocycles. The molecule has 3 rings (SSSR count). The van der Waals surface area contributed by atoms with Gasteiger partial charge in [-0.2, -0.15) is 0 Å². The molecule has 0 unspecified atom stereocenters. The number of anilines is 1. The van der Waals surface area contributed by atoms with E-state index in [4.69, 9.17) is 14.6 Å². The van der Waals surface area contributed by atoms with Gasteiger partial charge in [0.1, 0.15) is 18.0 Å². The number of carbonyl (C=O) groups excluding carboxylic acids is 1. The van der Waals surface area contributed by atoms with E-state index >= 15 is 0 Å². The van der Waals surface area contributed by atoms with Gasteiger partial charge in [0, 0.05) is 17.5 Å². The molecule has 0 saturated carbocycles. The number of aryl methyl sites for hydroxylation is 1. The Morgan fingerprint density at radius 1 is 1.00 bits per heavy atom. The van der Waals surface area contributed by atoms with Crippen LogP contribution in [-0.4, -0.2) is 35.8 Å². The zero-order valence-corrected chi connectivity index (χ0v) is 16.9. The molecule has 7 heteroatoms. The van der Waals surface area contributed by atoms with Gasteiger partial charge in [-0.3, -0.25) is 9.59 Å². The zero-order chi connectivity index (χ0) is 21.5. The number of hydrogen-bond acceptors (Lipinski definition) is 4. The predicted molar refractivity (Wildman–Crippen MR) is 114 cm³/mol. The Morgan fingerprint density at radius 3 is 2.43 bits per heavy atom. The number of carboxylic acid groups (broad SMARTS) is 1. The molecule has 0 spiro atoms. The van der Waals surface area contributed by atoms with Crippen LogP contribution in [0.5, 0.6) is 11.5 Å². The molecule has 1 aromatic heterocycles. The van der Waals surface area contributed by atoms with Crippen molar-refractivity contribution in [2.75, 3.05) is 19.5 Å². The number of aliphatic carboxylic acids is 1. The third kappa shape index (κ3) is 5.00. The van der Waals surface area contributed by atoms with Crippen molar-refractivity contribution in [3.8, 4) is 22.8 Å². The SMILES string of the molecule is COc1ccc(OC)c(NC(=O)Cn2c(CCC(=O)O)ccc2-c2ccccc2)c1. The summed E-state index contributed by atoms with van der Waals surface area (Å²) in [4.78, 5) is 23.9. The Balaban J connectivity index is 1.88. The summed E-state index contributed by atoms with van der Waals surface area (Å²) in [6.07, 6.45) is 0.321. The molecule has 30 heavy (non-hydrogen) atoms. The van der Waals surface area contributed by atoms with Crippen LogP contribution in [0.2, 0.25) is 0 Å². The summed E-state index contributed by atoms with van der Waals surface area (Å²) in [6, 6.07) is 18.6. The van der Waals surface area contributed by atoms with Crippen LogP contribution in [0.4, 0.5) is 5.69 Å². The quantitative estimate of drug-likeness (QED) is 0.562. The van der Waals surface area contributed by atoms with E-state index in [2.05, 4.69) is 5.32 Å². The Kier molecular flexibility index (Phi) is 6.75. The molecule has 2 N–H and O–H groups in total. The van der Waals surface area contributed by atoms with Crippen LogP contribution < -0.4 is 14.8 Å². The van der Waals surface area contributed by atoms with Gasteiger partial charge in [-0.15, -0.1) is 0 Å². The average Bonchev–Trinajstić information content (AvgIpc) is 3.15. The number of nitrogens with one attached hydrogen (secondary N) is 1. The lowest BCUT2D eigenvalue weighted by Gasteiger charge is -2.15. The maximum absolute atomic E-state index is 12.9. The first-order valence-corrected chi connectivity index (χ1v) is 9.49. The minimum absolute atomic E-state index is 0.0103. The number of carboxylic acids is 1. The summed E-state index contributed by atoms with van der Waals surface area (Å²) in [6.45, 7) is 0.0343. The Bertz CT molecular complexity index is 1030. The molecule has 0 bridgehead atoms. The fraction of sp³-hybridized carbons (Fsp3) is 0.217. The number of benzene rings is 2. The van der Waals surface area contributed by atoms with E-state index in [1.165, 1.54) is 7.11 Å². The highest BCUT2D eigenvalue weighted by molar-refractivity contribution is 5.93. The van der Waals surface area contributed by atoms with Gasteiger partial charge in [-0.25, -0.2) is 0 Å². The Morgan fingerprint density at radius 2 is 1.77 bits per heavy atom. The molecule has 0 radical (unpaired) electrons. The number of methoxy groups -OCH3 is 2. The number of hydrogen-bond donors (Lipinski definition) is 2. The summed E-state index contributed by atoms with van der Waals surface area (Å²) in [5, 5.41) is 11.9. The molecular formula is C23H24N2O5. The summed E-state index contributed by atoms with van der Waals surface area (Å²) in [7, 11) is 3.08. The molecule has 0 fully saturated rings.